The molecule has 7 nitrogen and oxygen atoms in total. The third-order valence-corrected chi connectivity index (χ3v) is 5.01. The SMILES string of the molecule is COc1ccc([N+](=O)[O-])cc1Oc1ncnc2sc(-c3ccccc3)cc12. The zero-order valence-electron chi connectivity index (χ0n) is 14.2. The van der Waals surface area contributed by atoms with Gasteiger partial charge < -0.3 is 9.47 Å². The number of hydrogen-bond donors (Lipinski definition) is 0. The minimum Gasteiger partial charge on any atom is -0.493 e. The molecule has 0 bridgehead atoms. The van der Waals surface area contributed by atoms with Crippen molar-refractivity contribution >= 4 is 27.2 Å². The average molecular weight is 379 g/mol. The smallest absolute Gasteiger partial charge is 0.273 e. The first-order valence-electron chi connectivity index (χ1n) is 7.96. The minimum atomic E-state index is -0.486. The van der Waals surface area contributed by atoms with E-state index in [2.05, 4.69) is 9.97 Å². The predicted molar refractivity (Wildman–Crippen MR) is 103 cm³/mol. The van der Waals surface area contributed by atoms with E-state index in [0.717, 1.165) is 20.7 Å². The Morgan fingerprint density at radius 1 is 1.04 bits per heavy atom. The maximum absolute atomic E-state index is 11.1. The number of ether oxygens (including phenoxy) is 2. The lowest BCUT2D eigenvalue weighted by Crippen LogP contribution is -1.95. The molecule has 0 unspecified atom stereocenters. The quantitative estimate of drug-likeness (QED) is 0.355. The summed E-state index contributed by atoms with van der Waals surface area (Å²) < 4.78 is 11.1. The third-order valence-electron chi connectivity index (χ3n) is 3.92. The Hall–Kier alpha value is -3.52. The maximum Gasteiger partial charge on any atom is 0.273 e. The largest absolute Gasteiger partial charge is 0.493 e. The van der Waals surface area contributed by atoms with Crippen LogP contribution in [0.2, 0.25) is 0 Å². The second-order valence-corrected chi connectivity index (χ2v) is 6.60. The Morgan fingerprint density at radius 3 is 2.59 bits per heavy atom. The molecule has 0 aliphatic rings. The van der Waals surface area contributed by atoms with Gasteiger partial charge in [-0.1, -0.05) is 30.3 Å². The highest BCUT2D eigenvalue weighted by Crippen LogP contribution is 2.39. The molecular formula is C19H13N3O4S. The number of nitro groups is 1. The summed E-state index contributed by atoms with van der Waals surface area (Å²) in [5.41, 5.74) is 0.978. The molecule has 0 radical (unpaired) electrons. The Kier molecular flexibility index (Phi) is 4.39. The molecule has 0 saturated heterocycles. The van der Waals surface area contributed by atoms with Crippen LogP contribution in [0.15, 0.2) is 60.9 Å². The zero-order valence-corrected chi connectivity index (χ0v) is 15.0. The van der Waals surface area contributed by atoms with Crippen LogP contribution < -0.4 is 9.47 Å². The number of aromatic nitrogens is 2. The molecule has 2 heterocycles. The number of hydrogen-bond acceptors (Lipinski definition) is 7. The lowest BCUT2D eigenvalue weighted by molar-refractivity contribution is -0.384. The van der Waals surface area contributed by atoms with Crippen molar-refractivity contribution in [1.82, 2.24) is 9.97 Å². The topological polar surface area (TPSA) is 87.4 Å². The van der Waals surface area contributed by atoms with E-state index in [4.69, 9.17) is 9.47 Å². The van der Waals surface area contributed by atoms with Crippen molar-refractivity contribution in [1.29, 1.82) is 0 Å². The summed E-state index contributed by atoms with van der Waals surface area (Å²) in [5.74, 6) is 0.919. The monoisotopic (exact) mass is 379 g/mol. The predicted octanol–water partition coefficient (Wildman–Crippen LogP) is 5.07. The van der Waals surface area contributed by atoms with E-state index in [9.17, 15) is 10.1 Å². The van der Waals surface area contributed by atoms with Gasteiger partial charge in [0.05, 0.1) is 23.5 Å². The van der Waals surface area contributed by atoms with E-state index in [1.807, 2.05) is 36.4 Å². The summed E-state index contributed by atoms with van der Waals surface area (Å²) in [4.78, 5) is 20.9. The van der Waals surface area contributed by atoms with Crippen molar-refractivity contribution in [3.63, 3.8) is 0 Å². The van der Waals surface area contributed by atoms with Gasteiger partial charge in [0.2, 0.25) is 5.88 Å². The molecule has 4 rings (SSSR count). The number of fused-ring (bicyclic) bond motifs is 1. The molecule has 2 aromatic carbocycles. The number of nitrogens with zero attached hydrogens (tertiary/aromatic N) is 3. The molecule has 0 amide bonds. The Balaban J connectivity index is 1.78. The number of thiophene rings is 1. The summed E-state index contributed by atoms with van der Waals surface area (Å²) in [6, 6.07) is 16.1. The molecule has 134 valence electrons. The van der Waals surface area contributed by atoms with Crippen molar-refractivity contribution in [3.8, 4) is 27.8 Å². The molecule has 4 aromatic rings. The second-order valence-electron chi connectivity index (χ2n) is 5.57. The normalized spacial score (nSPS) is 10.7. The van der Waals surface area contributed by atoms with Crippen LogP contribution in [0, 0.1) is 10.1 Å². The van der Waals surface area contributed by atoms with Crippen LogP contribution in [-0.2, 0) is 0 Å². The van der Waals surface area contributed by atoms with E-state index in [1.54, 1.807) is 0 Å². The standard InChI is InChI=1S/C19H13N3O4S/c1-25-15-8-7-13(22(23)24)9-16(15)26-18-14-10-17(12-5-3-2-4-6-12)27-19(14)21-11-20-18/h2-11H,1H3. The van der Waals surface area contributed by atoms with Gasteiger partial charge in [-0.25, -0.2) is 9.97 Å². The van der Waals surface area contributed by atoms with E-state index >= 15 is 0 Å². The highest BCUT2D eigenvalue weighted by Gasteiger charge is 2.17. The molecule has 0 aliphatic heterocycles. The van der Waals surface area contributed by atoms with Crippen LogP contribution >= 0.6 is 11.3 Å². The van der Waals surface area contributed by atoms with Gasteiger partial charge in [0.25, 0.3) is 5.69 Å². The summed E-state index contributed by atoms with van der Waals surface area (Å²) in [7, 11) is 1.47. The lowest BCUT2D eigenvalue weighted by atomic mass is 10.2. The lowest BCUT2D eigenvalue weighted by Gasteiger charge is -2.09. The molecule has 0 saturated carbocycles. The van der Waals surface area contributed by atoms with Gasteiger partial charge in [0, 0.05) is 10.9 Å². The van der Waals surface area contributed by atoms with Crippen molar-refractivity contribution in [2.24, 2.45) is 0 Å². The number of benzene rings is 2. The molecule has 0 spiro atoms. The van der Waals surface area contributed by atoms with Crippen LogP contribution in [0.3, 0.4) is 0 Å². The molecule has 2 aromatic heterocycles. The fraction of sp³-hybridized carbons (Fsp3) is 0.0526. The highest BCUT2D eigenvalue weighted by atomic mass is 32.1. The summed E-state index contributed by atoms with van der Waals surface area (Å²) in [6.07, 6.45) is 1.41. The summed E-state index contributed by atoms with van der Waals surface area (Å²) in [5, 5.41) is 11.8. The highest BCUT2D eigenvalue weighted by molar-refractivity contribution is 7.21. The van der Waals surface area contributed by atoms with Crippen LogP contribution in [0.4, 0.5) is 5.69 Å². The number of nitro benzene ring substituents is 1. The van der Waals surface area contributed by atoms with Gasteiger partial charge in [-0.3, -0.25) is 10.1 Å². The summed E-state index contributed by atoms with van der Waals surface area (Å²) in [6.45, 7) is 0. The van der Waals surface area contributed by atoms with Crippen LogP contribution in [-0.4, -0.2) is 22.0 Å². The first kappa shape index (κ1) is 16.9. The van der Waals surface area contributed by atoms with E-state index in [1.165, 1.54) is 43.0 Å². The fourth-order valence-electron chi connectivity index (χ4n) is 2.62. The van der Waals surface area contributed by atoms with Crippen molar-refractivity contribution < 1.29 is 14.4 Å². The molecule has 8 heteroatoms. The van der Waals surface area contributed by atoms with Crippen LogP contribution in [0.1, 0.15) is 0 Å². The van der Waals surface area contributed by atoms with Gasteiger partial charge in [0.15, 0.2) is 11.5 Å². The van der Waals surface area contributed by atoms with Crippen LogP contribution in [0.5, 0.6) is 17.4 Å². The van der Waals surface area contributed by atoms with Gasteiger partial charge in [-0.05, 0) is 17.7 Å². The van der Waals surface area contributed by atoms with Crippen molar-refractivity contribution in [3.05, 3.63) is 71.0 Å². The Bertz CT molecular complexity index is 1130. The number of rotatable bonds is 5. The molecule has 0 atom stereocenters. The zero-order chi connectivity index (χ0) is 18.8. The molecule has 0 fully saturated rings. The minimum absolute atomic E-state index is 0.0913. The molecule has 27 heavy (non-hydrogen) atoms. The molecule has 0 aliphatic carbocycles. The van der Waals surface area contributed by atoms with Gasteiger partial charge in [-0.15, -0.1) is 11.3 Å². The average Bonchev–Trinajstić information content (AvgIpc) is 3.14. The van der Waals surface area contributed by atoms with E-state index < -0.39 is 4.92 Å². The first-order chi connectivity index (χ1) is 13.2. The Labute approximate surface area is 158 Å². The molecule has 0 N–H and O–H groups in total. The van der Waals surface area contributed by atoms with Gasteiger partial charge in [0.1, 0.15) is 11.2 Å². The summed E-state index contributed by atoms with van der Waals surface area (Å²) >= 11 is 1.52. The van der Waals surface area contributed by atoms with Crippen molar-refractivity contribution in [2.45, 2.75) is 0 Å². The Morgan fingerprint density at radius 2 is 1.85 bits per heavy atom. The van der Waals surface area contributed by atoms with E-state index in [-0.39, 0.29) is 11.4 Å². The van der Waals surface area contributed by atoms with Gasteiger partial charge >= 0.3 is 0 Å². The van der Waals surface area contributed by atoms with Crippen LogP contribution in [0.25, 0.3) is 20.7 Å². The second kappa shape index (κ2) is 7.00. The number of methoxy groups -OCH3 is 1. The van der Waals surface area contributed by atoms with Gasteiger partial charge in [-0.2, -0.15) is 0 Å². The van der Waals surface area contributed by atoms with E-state index in [0.29, 0.717) is 11.6 Å². The maximum atomic E-state index is 11.1. The third kappa shape index (κ3) is 3.30. The number of non-ortho nitro benzene ring substituents is 1. The molecular weight excluding hydrogens is 366 g/mol. The first-order valence-corrected chi connectivity index (χ1v) is 8.77. The fourth-order valence-corrected chi connectivity index (χ4v) is 3.62. The van der Waals surface area contributed by atoms with Crippen molar-refractivity contribution in [2.75, 3.05) is 7.11 Å².